The molecule has 0 spiro atoms. The van der Waals surface area contributed by atoms with E-state index in [1.807, 2.05) is 18.2 Å². The normalized spacial score (nSPS) is 12.2. The summed E-state index contributed by atoms with van der Waals surface area (Å²) in [4.78, 5) is 0. The Morgan fingerprint density at radius 1 is 1.29 bits per heavy atom. The van der Waals surface area contributed by atoms with Crippen molar-refractivity contribution in [3.05, 3.63) is 23.8 Å². The lowest BCUT2D eigenvalue weighted by Gasteiger charge is -2.14. The van der Waals surface area contributed by atoms with Gasteiger partial charge in [-0.3, -0.25) is 0 Å². The second kappa shape index (κ2) is 7.14. The minimum atomic E-state index is 0.128. The Kier molecular flexibility index (Phi) is 5.80. The summed E-state index contributed by atoms with van der Waals surface area (Å²) < 4.78 is 10.5. The molecule has 1 aromatic rings. The molecule has 0 aromatic heterocycles. The summed E-state index contributed by atoms with van der Waals surface area (Å²) in [6.45, 7) is 0.631. The van der Waals surface area contributed by atoms with Gasteiger partial charge in [-0.15, -0.1) is 0 Å². The molecule has 0 aliphatic heterocycles. The second-order valence-electron chi connectivity index (χ2n) is 4.00. The van der Waals surface area contributed by atoms with Crippen LogP contribution in [0.3, 0.4) is 0 Å². The average molecular weight is 239 g/mol. The van der Waals surface area contributed by atoms with E-state index in [1.165, 1.54) is 0 Å². The lowest BCUT2D eigenvalue weighted by Crippen LogP contribution is -2.18. The number of methoxy groups -OCH3 is 2. The standard InChI is InChI=1S/C13H21NO3/c1-16-12-5-6-13(17-2)11(7-12)4-3-10(8-14)9-15/h5-7,10,15H,3-4,8-9,14H2,1-2H3. The Morgan fingerprint density at radius 3 is 2.59 bits per heavy atom. The SMILES string of the molecule is COc1ccc(OC)c(CCC(CN)CO)c1. The number of hydrogen-bond donors (Lipinski definition) is 2. The fourth-order valence-electron chi connectivity index (χ4n) is 1.72. The monoisotopic (exact) mass is 239 g/mol. The minimum absolute atomic E-state index is 0.128. The second-order valence-corrected chi connectivity index (χ2v) is 4.00. The first-order chi connectivity index (χ1) is 8.24. The zero-order valence-corrected chi connectivity index (χ0v) is 10.5. The molecule has 96 valence electrons. The number of nitrogens with two attached hydrogens (primary N) is 1. The fraction of sp³-hybridized carbons (Fsp3) is 0.538. The summed E-state index contributed by atoms with van der Waals surface area (Å²) in [6.07, 6.45) is 1.67. The van der Waals surface area contributed by atoms with Crippen molar-refractivity contribution >= 4 is 0 Å². The Labute approximate surface area is 102 Å². The fourth-order valence-corrected chi connectivity index (χ4v) is 1.72. The molecule has 4 nitrogen and oxygen atoms in total. The molecule has 0 heterocycles. The van der Waals surface area contributed by atoms with Crippen LogP contribution in [0.5, 0.6) is 11.5 Å². The van der Waals surface area contributed by atoms with Gasteiger partial charge in [0.25, 0.3) is 0 Å². The van der Waals surface area contributed by atoms with E-state index < -0.39 is 0 Å². The molecule has 4 heteroatoms. The number of aliphatic hydroxyl groups excluding tert-OH is 1. The highest BCUT2D eigenvalue weighted by Crippen LogP contribution is 2.25. The molecule has 0 aliphatic carbocycles. The third-order valence-corrected chi connectivity index (χ3v) is 2.90. The van der Waals surface area contributed by atoms with Crippen LogP contribution < -0.4 is 15.2 Å². The molecule has 0 saturated carbocycles. The van der Waals surface area contributed by atoms with Crippen LogP contribution in [0.4, 0.5) is 0 Å². The number of rotatable bonds is 7. The van der Waals surface area contributed by atoms with Gasteiger partial charge in [0.1, 0.15) is 11.5 Å². The molecule has 0 fully saturated rings. The predicted octanol–water partition coefficient (Wildman–Crippen LogP) is 1.20. The van der Waals surface area contributed by atoms with E-state index in [2.05, 4.69) is 0 Å². The molecular formula is C13H21NO3. The van der Waals surface area contributed by atoms with Crippen LogP contribution in [0.1, 0.15) is 12.0 Å². The van der Waals surface area contributed by atoms with E-state index in [-0.39, 0.29) is 12.5 Å². The van der Waals surface area contributed by atoms with E-state index in [0.717, 1.165) is 29.9 Å². The molecule has 0 bridgehead atoms. The van der Waals surface area contributed by atoms with Gasteiger partial charge in [-0.05, 0) is 49.1 Å². The molecule has 1 rings (SSSR count). The summed E-state index contributed by atoms with van der Waals surface area (Å²) in [5.74, 6) is 1.81. The number of aryl methyl sites for hydroxylation is 1. The molecular weight excluding hydrogens is 218 g/mol. The third-order valence-electron chi connectivity index (χ3n) is 2.90. The number of aliphatic hydroxyl groups is 1. The Morgan fingerprint density at radius 2 is 2.06 bits per heavy atom. The third kappa shape index (κ3) is 3.91. The smallest absolute Gasteiger partial charge is 0.122 e. The molecule has 1 unspecified atom stereocenters. The van der Waals surface area contributed by atoms with Gasteiger partial charge in [0.15, 0.2) is 0 Å². The molecule has 1 aromatic carbocycles. The first-order valence-electron chi connectivity index (χ1n) is 5.77. The lowest BCUT2D eigenvalue weighted by molar-refractivity contribution is 0.223. The lowest BCUT2D eigenvalue weighted by atomic mass is 9.99. The van der Waals surface area contributed by atoms with Gasteiger partial charge in [0.05, 0.1) is 14.2 Å². The van der Waals surface area contributed by atoms with E-state index in [4.69, 9.17) is 20.3 Å². The van der Waals surface area contributed by atoms with Crippen LogP contribution >= 0.6 is 0 Å². The van der Waals surface area contributed by atoms with Gasteiger partial charge in [-0.2, -0.15) is 0 Å². The molecule has 0 amide bonds. The molecule has 0 saturated heterocycles. The van der Waals surface area contributed by atoms with Gasteiger partial charge in [0, 0.05) is 6.61 Å². The highest BCUT2D eigenvalue weighted by molar-refractivity contribution is 5.40. The average Bonchev–Trinajstić information content (AvgIpc) is 2.39. The van der Waals surface area contributed by atoms with E-state index in [9.17, 15) is 0 Å². The van der Waals surface area contributed by atoms with E-state index in [0.29, 0.717) is 6.54 Å². The van der Waals surface area contributed by atoms with E-state index in [1.54, 1.807) is 14.2 Å². The largest absolute Gasteiger partial charge is 0.497 e. The maximum Gasteiger partial charge on any atom is 0.122 e. The summed E-state index contributed by atoms with van der Waals surface area (Å²) in [6, 6.07) is 5.73. The summed E-state index contributed by atoms with van der Waals surface area (Å²) in [7, 11) is 3.29. The van der Waals surface area contributed by atoms with Gasteiger partial charge < -0.3 is 20.3 Å². The van der Waals surface area contributed by atoms with Crippen LogP contribution in [0.2, 0.25) is 0 Å². The minimum Gasteiger partial charge on any atom is -0.497 e. The van der Waals surface area contributed by atoms with Gasteiger partial charge in [-0.1, -0.05) is 0 Å². The quantitative estimate of drug-likeness (QED) is 0.750. The van der Waals surface area contributed by atoms with Crippen molar-refractivity contribution in [1.82, 2.24) is 0 Å². The van der Waals surface area contributed by atoms with Crippen LogP contribution in [0, 0.1) is 5.92 Å². The van der Waals surface area contributed by atoms with Crippen LogP contribution in [-0.2, 0) is 6.42 Å². The van der Waals surface area contributed by atoms with Gasteiger partial charge in [0.2, 0.25) is 0 Å². The maximum absolute atomic E-state index is 9.10. The molecule has 17 heavy (non-hydrogen) atoms. The highest BCUT2D eigenvalue weighted by atomic mass is 16.5. The first-order valence-corrected chi connectivity index (χ1v) is 5.77. The van der Waals surface area contributed by atoms with Gasteiger partial charge in [-0.25, -0.2) is 0 Å². The highest BCUT2D eigenvalue weighted by Gasteiger charge is 2.09. The summed E-state index contributed by atoms with van der Waals surface area (Å²) in [5.41, 5.74) is 6.64. The van der Waals surface area contributed by atoms with Crippen LogP contribution in [-0.4, -0.2) is 32.5 Å². The topological polar surface area (TPSA) is 64.7 Å². The molecule has 0 aliphatic rings. The zero-order valence-electron chi connectivity index (χ0n) is 10.5. The molecule has 1 atom stereocenters. The molecule has 3 N–H and O–H groups in total. The van der Waals surface area contributed by atoms with Crippen LogP contribution in [0.15, 0.2) is 18.2 Å². The van der Waals surface area contributed by atoms with E-state index >= 15 is 0 Å². The Bertz CT molecular complexity index is 337. The molecule has 0 radical (unpaired) electrons. The first kappa shape index (κ1) is 13.8. The Balaban J connectivity index is 2.73. The van der Waals surface area contributed by atoms with Crippen molar-refractivity contribution in [3.8, 4) is 11.5 Å². The number of hydrogen-bond acceptors (Lipinski definition) is 4. The maximum atomic E-state index is 9.10. The van der Waals surface area contributed by atoms with Gasteiger partial charge >= 0.3 is 0 Å². The Hall–Kier alpha value is -1.26. The van der Waals surface area contributed by atoms with Crippen molar-refractivity contribution in [3.63, 3.8) is 0 Å². The van der Waals surface area contributed by atoms with Crippen molar-refractivity contribution in [2.75, 3.05) is 27.4 Å². The summed E-state index contributed by atoms with van der Waals surface area (Å²) >= 11 is 0. The number of ether oxygens (including phenoxy) is 2. The zero-order chi connectivity index (χ0) is 12.7. The van der Waals surface area contributed by atoms with Crippen molar-refractivity contribution in [2.24, 2.45) is 11.7 Å². The van der Waals surface area contributed by atoms with Crippen molar-refractivity contribution in [2.45, 2.75) is 12.8 Å². The van der Waals surface area contributed by atoms with Crippen molar-refractivity contribution < 1.29 is 14.6 Å². The predicted molar refractivity (Wildman–Crippen MR) is 67.5 cm³/mol. The van der Waals surface area contributed by atoms with Crippen LogP contribution in [0.25, 0.3) is 0 Å². The number of benzene rings is 1. The summed E-state index contributed by atoms with van der Waals surface area (Å²) in [5, 5.41) is 9.10. The van der Waals surface area contributed by atoms with Crippen molar-refractivity contribution in [1.29, 1.82) is 0 Å².